The molecule has 0 saturated heterocycles. The molecule has 4 nitrogen and oxygen atoms in total. The van der Waals surface area contributed by atoms with Crippen molar-refractivity contribution in [3.63, 3.8) is 0 Å². The molecule has 0 bridgehead atoms. The van der Waals surface area contributed by atoms with E-state index in [1.54, 1.807) is 29.2 Å². The molecule has 1 aromatic heterocycles. The highest BCUT2D eigenvalue weighted by Gasteiger charge is 2.12. The van der Waals surface area contributed by atoms with E-state index in [4.69, 9.17) is 5.26 Å². The number of nitrogens with zero attached hydrogens (tertiary/aromatic N) is 3. The average molecular weight is 253 g/mol. The van der Waals surface area contributed by atoms with Gasteiger partial charge in [0.1, 0.15) is 0 Å². The number of hydrogen-bond acceptors (Lipinski definition) is 3. The van der Waals surface area contributed by atoms with Crippen molar-refractivity contribution in [1.82, 2.24) is 9.78 Å². The van der Waals surface area contributed by atoms with Gasteiger partial charge in [-0.15, -0.1) is 0 Å². The minimum Gasteiger partial charge on any atom is -0.294 e. The molecular weight excluding hydrogens is 238 g/mol. The molecule has 2 aromatic rings. The Balaban J connectivity index is 2.11. The van der Waals surface area contributed by atoms with E-state index in [-0.39, 0.29) is 11.7 Å². The first-order chi connectivity index (χ1) is 9.10. The van der Waals surface area contributed by atoms with Gasteiger partial charge in [0, 0.05) is 12.1 Å². The van der Waals surface area contributed by atoms with Gasteiger partial charge in [-0.05, 0) is 17.7 Å². The molecule has 1 aromatic carbocycles. The SMILES string of the molecule is CC(C)C(=O)c1cnn(Cc2ccc(C#N)cc2)c1. The van der Waals surface area contributed by atoms with Crippen LogP contribution in [0.25, 0.3) is 0 Å². The zero-order valence-electron chi connectivity index (χ0n) is 11.0. The van der Waals surface area contributed by atoms with Crippen LogP contribution in [0, 0.1) is 17.2 Å². The second-order valence-electron chi connectivity index (χ2n) is 4.75. The molecule has 0 aliphatic carbocycles. The second-order valence-corrected chi connectivity index (χ2v) is 4.75. The van der Waals surface area contributed by atoms with Crippen LogP contribution in [0.5, 0.6) is 0 Å². The first kappa shape index (κ1) is 13.0. The maximum Gasteiger partial charge on any atom is 0.168 e. The maximum atomic E-state index is 11.8. The summed E-state index contributed by atoms with van der Waals surface area (Å²) in [5.74, 6) is 0.0821. The molecule has 4 heteroatoms. The van der Waals surface area contributed by atoms with Gasteiger partial charge < -0.3 is 0 Å². The molecule has 2 rings (SSSR count). The largest absolute Gasteiger partial charge is 0.294 e. The number of rotatable bonds is 4. The van der Waals surface area contributed by atoms with E-state index >= 15 is 0 Å². The van der Waals surface area contributed by atoms with Crippen LogP contribution in [-0.4, -0.2) is 15.6 Å². The Morgan fingerprint density at radius 2 is 2.05 bits per heavy atom. The van der Waals surface area contributed by atoms with Gasteiger partial charge in [-0.3, -0.25) is 9.48 Å². The molecule has 0 amide bonds. The summed E-state index contributed by atoms with van der Waals surface area (Å²) in [5, 5.41) is 12.9. The van der Waals surface area contributed by atoms with E-state index in [1.165, 1.54) is 0 Å². The predicted molar refractivity (Wildman–Crippen MR) is 71.7 cm³/mol. The summed E-state index contributed by atoms with van der Waals surface area (Å²) >= 11 is 0. The van der Waals surface area contributed by atoms with Crippen LogP contribution in [0.4, 0.5) is 0 Å². The van der Waals surface area contributed by atoms with Crippen molar-refractivity contribution >= 4 is 5.78 Å². The first-order valence-corrected chi connectivity index (χ1v) is 6.16. The zero-order chi connectivity index (χ0) is 13.8. The molecule has 0 unspecified atom stereocenters. The molecule has 0 N–H and O–H groups in total. The monoisotopic (exact) mass is 253 g/mol. The van der Waals surface area contributed by atoms with Crippen molar-refractivity contribution in [1.29, 1.82) is 5.26 Å². The summed E-state index contributed by atoms with van der Waals surface area (Å²) in [5.41, 5.74) is 2.33. The predicted octanol–water partition coefficient (Wildman–Crippen LogP) is 2.64. The van der Waals surface area contributed by atoms with Gasteiger partial charge in [0.2, 0.25) is 0 Å². The number of Topliss-reactive ketones (excluding diaryl/α,β-unsaturated/α-hetero) is 1. The lowest BCUT2D eigenvalue weighted by Crippen LogP contribution is -2.06. The van der Waals surface area contributed by atoms with Crippen LogP contribution in [0.15, 0.2) is 36.7 Å². The zero-order valence-corrected chi connectivity index (χ0v) is 11.0. The van der Waals surface area contributed by atoms with Crippen LogP contribution in [0.3, 0.4) is 0 Å². The quantitative estimate of drug-likeness (QED) is 0.787. The Morgan fingerprint density at radius 1 is 1.37 bits per heavy atom. The first-order valence-electron chi connectivity index (χ1n) is 6.16. The molecular formula is C15H15N3O. The Bertz CT molecular complexity index is 618. The minimum absolute atomic E-state index is 0.0208. The lowest BCUT2D eigenvalue weighted by molar-refractivity contribution is 0.0939. The number of carbonyl (C=O) groups is 1. The van der Waals surface area contributed by atoms with Gasteiger partial charge in [-0.1, -0.05) is 26.0 Å². The van der Waals surface area contributed by atoms with Gasteiger partial charge >= 0.3 is 0 Å². The van der Waals surface area contributed by atoms with Gasteiger partial charge in [0.25, 0.3) is 0 Å². The van der Waals surface area contributed by atoms with E-state index < -0.39 is 0 Å². The fourth-order valence-corrected chi connectivity index (χ4v) is 1.78. The van der Waals surface area contributed by atoms with Crippen LogP contribution < -0.4 is 0 Å². The van der Waals surface area contributed by atoms with Gasteiger partial charge in [-0.2, -0.15) is 10.4 Å². The number of benzene rings is 1. The minimum atomic E-state index is -0.0208. The van der Waals surface area contributed by atoms with Crippen LogP contribution in [-0.2, 0) is 6.54 Å². The summed E-state index contributed by atoms with van der Waals surface area (Å²) in [6.07, 6.45) is 3.37. The Hall–Kier alpha value is -2.41. The van der Waals surface area contributed by atoms with Crippen LogP contribution >= 0.6 is 0 Å². The summed E-state index contributed by atoms with van der Waals surface area (Å²) in [6, 6.07) is 9.42. The topological polar surface area (TPSA) is 58.7 Å². The molecule has 0 saturated carbocycles. The number of nitriles is 1. The maximum absolute atomic E-state index is 11.8. The number of hydrogen-bond donors (Lipinski definition) is 0. The standard InChI is InChI=1S/C15H15N3O/c1-11(2)15(19)14-8-17-18(10-14)9-13-5-3-12(7-16)4-6-13/h3-6,8,10-11H,9H2,1-2H3. The van der Waals surface area contributed by atoms with Crippen molar-refractivity contribution in [2.45, 2.75) is 20.4 Å². The molecule has 0 fully saturated rings. The Kier molecular flexibility index (Phi) is 3.76. The van der Waals surface area contributed by atoms with E-state index in [0.717, 1.165) is 5.56 Å². The summed E-state index contributed by atoms with van der Waals surface area (Å²) in [7, 11) is 0. The molecule has 1 heterocycles. The third-order valence-electron chi connectivity index (χ3n) is 2.87. The normalized spacial score (nSPS) is 10.4. The van der Waals surface area contributed by atoms with Crippen LogP contribution in [0.2, 0.25) is 0 Å². The fourth-order valence-electron chi connectivity index (χ4n) is 1.78. The number of aromatic nitrogens is 2. The third-order valence-corrected chi connectivity index (χ3v) is 2.87. The van der Waals surface area contributed by atoms with Crippen molar-refractivity contribution in [2.24, 2.45) is 5.92 Å². The number of carbonyl (C=O) groups excluding carboxylic acids is 1. The van der Waals surface area contributed by atoms with Crippen molar-refractivity contribution in [3.8, 4) is 6.07 Å². The average Bonchev–Trinajstić information content (AvgIpc) is 2.87. The van der Waals surface area contributed by atoms with Crippen molar-refractivity contribution in [3.05, 3.63) is 53.3 Å². The van der Waals surface area contributed by atoms with Gasteiger partial charge in [0.15, 0.2) is 5.78 Å². The van der Waals surface area contributed by atoms with Crippen molar-refractivity contribution < 1.29 is 4.79 Å². The summed E-state index contributed by atoms with van der Waals surface area (Å²) in [6.45, 7) is 4.34. The molecule has 0 aliphatic heterocycles. The third kappa shape index (κ3) is 3.08. The van der Waals surface area contributed by atoms with Crippen LogP contribution in [0.1, 0.15) is 35.3 Å². The van der Waals surface area contributed by atoms with E-state index in [2.05, 4.69) is 11.2 Å². The highest BCUT2D eigenvalue weighted by atomic mass is 16.1. The molecule has 96 valence electrons. The van der Waals surface area contributed by atoms with E-state index in [0.29, 0.717) is 17.7 Å². The highest BCUT2D eigenvalue weighted by molar-refractivity contribution is 5.96. The second kappa shape index (κ2) is 5.49. The molecule has 0 radical (unpaired) electrons. The molecule has 19 heavy (non-hydrogen) atoms. The number of ketones is 1. The molecule has 0 spiro atoms. The summed E-state index contributed by atoms with van der Waals surface area (Å²) < 4.78 is 1.73. The van der Waals surface area contributed by atoms with E-state index in [9.17, 15) is 4.79 Å². The van der Waals surface area contributed by atoms with Crippen molar-refractivity contribution in [2.75, 3.05) is 0 Å². The van der Waals surface area contributed by atoms with Gasteiger partial charge in [-0.25, -0.2) is 0 Å². The Morgan fingerprint density at radius 3 is 2.63 bits per heavy atom. The van der Waals surface area contributed by atoms with Gasteiger partial charge in [0.05, 0.1) is 29.9 Å². The van der Waals surface area contributed by atoms with E-state index in [1.807, 2.05) is 26.0 Å². The molecule has 0 aliphatic rings. The Labute approximate surface area is 112 Å². The molecule has 0 atom stereocenters. The summed E-state index contributed by atoms with van der Waals surface area (Å²) in [4.78, 5) is 11.8. The lowest BCUT2D eigenvalue weighted by Gasteiger charge is -2.02. The smallest absolute Gasteiger partial charge is 0.168 e. The lowest BCUT2D eigenvalue weighted by atomic mass is 10.0. The highest BCUT2D eigenvalue weighted by Crippen LogP contribution is 2.09. The fraction of sp³-hybridized carbons (Fsp3) is 0.267.